The number of halogens is 3. The number of rotatable bonds is 9. The summed E-state index contributed by atoms with van der Waals surface area (Å²) in [7, 11) is 0. The third-order valence-corrected chi connectivity index (χ3v) is 4.56. The third kappa shape index (κ3) is 6.53. The molecule has 6 N–H and O–H groups in total. The second kappa shape index (κ2) is 10.2. The van der Waals surface area contributed by atoms with Gasteiger partial charge in [0.15, 0.2) is 11.6 Å². The highest BCUT2D eigenvalue weighted by molar-refractivity contribution is 5.94. The molecule has 1 atom stereocenters. The van der Waals surface area contributed by atoms with Crippen molar-refractivity contribution in [3.8, 4) is 28.5 Å². The lowest BCUT2D eigenvalue weighted by molar-refractivity contribution is -0.274. The van der Waals surface area contributed by atoms with Gasteiger partial charge in [-0.3, -0.25) is 9.89 Å². The van der Waals surface area contributed by atoms with Gasteiger partial charge in [0.05, 0.1) is 6.04 Å². The maximum atomic E-state index is 12.3. The number of hydrogen-bond donors (Lipinski definition) is 4. The molecule has 3 aromatic rings. The topological polar surface area (TPSA) is 132 Å². The van der Waals surface area contributed by atoms with Gasteiger partial charge in [0.25, 0.3) is 0 Å². The molecule has 0 radical (unpaired) electrons. The van der Waals surface area contributed by atoms with Gasteiger partial charge in [-0.05, 0) is 67.9 Å². The molecular formula is C21H23F3N6O2. The molecule has 1 aromatic heterocycles. The van der Waals surface area contributed by atoms with Gasteiger partial charge in [0.2, 0.25) is 5.91 Å². The molecule has 0 aliphatic carbocycles. The van der Waals surface area contributed by atoms with E-state index in [0.717, 1.165) is 12.8 Å². The van der Waals surface area contributed by atoms with Crippen molar-refractivity contribution in [1.82, 2.24) is 15.2 Å². The van der Waals surface area contributed by atoms with Crippen LogP contribution in [0.4, 0.5) is 18.9 Å². The van der Waals surface area contributed by atoms with Gasteiger partial charge in [0, 0.05) is 16.8 Å². The number of carbonyl (C=O) groups is 1. The molecule has 2 aromatic carbocycles. The molecule has 0 aliphatic rings. The van der Waals surface area contributed by atoms with Crippen molar-refractivity contribution in [2.24, 2.45) is 11.5 Å². The lowest BCUT2D eigenvalue weighted by atomic mass is 10.1. The van der Waals surface area contributed by atoms with E-state index in [0.29, 0.717) is 41.4 Å². The Bertz CT molecular complexity index is 1020. The lowest BCUT2D eigenvalue weighted by Crippen LogP contribution is -2.35. The third-order valence-electron chi connectivity index (χ3n) is 4.56. The zero-order chi connectivity index (χ0) is 23.1. The molecule has 1 heterocycles. The second-order valence-corrected chi connectivity index (χ2v) is 7.04. The van der Waals surface area contributed by atoms with Crippen LogP contribution in [0, 0.1) is 0 Å². The number of ether oxygens (including phenoxy) is 1. The van der Waals surface area contributed by atoms with E-state index in [1.807, 2.05) is 0 Å². The predicted molar refractivity (Wildman–Crippen MR) is 113 cm³/mol. The van der Waals surface area contributed by atoms with Gasteiger partial charge in [-0.2, -0.15) is 5.10 Å². The summed E-state index contributed by atoms with van der Waals surface area (Å²) in [4.78, 5) is 16.5. The molecule has 0 unspecified atom stereocenters. The number of anilines is 1. The fourth-order valence-corrected chi connectivity index (χ4v) is 2.91. The Balaban J connectivity index is 1.62. The Kier molecular flexibility index (Phi) is 7.44. The molecule has 0 fully saturated rings. The van der Waals surface area contributed by atoms with Crippen molar-refractivity contribution in [2.45, 2.75) is 31.7 Å². The number of amides is 1. The number of alkyl halides is 3. The summed E-state index contributed by atoms with van der Waals surface area (Å²) in [5, 5.41) is 9.66. The lowest BCUT2D eigenvalue weighted by Gasteiger charge is -2.12. The number of nitrogens with zero attached hydrogens (tertiary/aromatic N) is 2. The first kappa shape index (κ1) is 23.2. The van der Waals surface area contributed by atoms with Crippen molar-refractivity contribution in [3.63, 3.8) is 0 Å². The number of benzene rings is 2. The average molecular weight is 448 g/mol. The molecule has 0 saturated heterocycles. The molecule has 0 bridgehead atoms. The Morgan fingerprint density at radius 1 is 1.06 bits per heavy atom. The number of nitrogens with two attached hydrogens (primary N) is 2. The van der Waals surface area contributed by atoms with Crippen molar-refractivity contribution in [3.05, 3.63) is 48.5 Å². The Labute approximate surface area is 182 Å². The van der Waals surface area contributed by atoms with Crippen LogP contribution in [0.1, 0.15) is 19.3 Å². The van der Waals surface area contributed by atoms with E-state index in [-0.39, 0.29) is 11.7 Å². The molecule has 1 amide bonds. The summed E-state index contributed by atoms with van der Waals surface area (Å²) in [6.07, 6.45) is -2.58. The van der Waals surface area contributed by atoms with Crippen LogP contribution in [0.15, 0.2) is 48.5 Å². The second-order valence-electron chi connectivity index (χ2n) is 7.04. The minimum atomic E-state index is -4.75. The summed E-state index contributed by atoms with van der Waals surface area (Å²) in [5.74, 6) is 0.190. The van der Waals surface area contributed by atoms with E-state index in [4.69, 9.17) is 11.5 Å². The smallest absolute Gasteiger partial charge is 0.406 e. The first-order chi connectivity index (χ1) is 15.2. The minimum absolute atomic E-state index is 0.269. The van der Waals surface area contributed by atoms with Crippen molar-refractivity contribution < 1.29 is 22.7 Å². The number of hydrogen-bond acceptors (Lipinski definition) is 6. The number of carbonyl (C=O) groups excluding carboxylic acids is 1. The van der Waals surface area contributed by atoms with Gasteiger partial charge >= 0.3 is 6.36 Å². The van der Waals surface area contributed by atoms with Crippen LogP contribution in [-0.4, -0.2) is 40.0 Å². The molecule has 3 rings (SSSR count). The predicted octanol–water partition coefficient (Wildman–Crippen LogP) is 3.43. The molecular weight excluding hydrogens is 425 g/mol. The van der Waals surface area contributed by atoms with E-state index in [1.54, 1.807) is 24.3 Å². The van der Waals surface area contributed by atoms with E-state index >= 15 is 0 Å². The number of H-pyrrole nitrogens is 1. The fourth-order valence-electron chi connectivity index (χ4n) is 2.91. The summed E-state index contributed by atoms with van der Waals surface area (Å²) in [6, 6.07) is 11.6. The zero-order valence-electron chi connectivity index (χ0n) is 17.0. The summed E-state index contributed by atoms with van der Waals surface area (Å²) < 4.78 is 40.7. The van der Waals surface area contributed by atoms with Crippen LogP contribution >= 0.6 is 0 Å². The first-order valence-electron chi connectivity index (χ1n) is 9.90. The van der Waals surface area contributed by atoms with Crippen LogP contribution in [0.25, 0.3) is 22.8 Å². The molecule has 0 saturated carbocycles. The van der Waals surface area contributed by atoms with Crippen molar-refractivity contribution >= 4 is 11.6 Å². The summed E-state index contributed by atoms with van der Waals surface area (Å²) in [5.41, 5.74) is 13.2. The SMILES string of the molecule is NCCCC[C@H](N)C(=O)Nc1ccc(-c2nc(-c3ccc(OC(F)(F)F)cc3)n[nH]2)cc1. The Hall–Kier alpha value is -3.44. The minimum Gasteiger partial charge on any atom is -0.406 e. The quantitative estimate of drug-likeness (QED) is 0.371. The van der Waals surface area contributed by atoms with Crippen LogP contribution < -0.4 is 21.5 Å². The standard InChI is InChI=1S/C21H23F3N6O2/c22-21(23,24)32-16-10-6-14(7-11-16)19-28-18(29-30-19)13-4-8-15(9-5-13)27-20(31)17(26)3-1-2-12-25/h4-11,17H,1-3,12,25-26H2,(H,27,31)(H,28,29,30)/t17-/m0/s1. The maximum Gasteiger partial charge on any atom is 0.573 e. The van der Waals surface area contributed by atoms with Crippen LogP contribution in [-0.2, 0) is 4.79 Å². The normalized spacial score (nSPS) is 12.4. The van der Waals surface area contributed by atoms with E-state index in [2.05, 4.69) is 25.2 Å². The number of aromatic nitrogens is 3. The van der Waals surface area contributed by atoms with Crippen LogP contribution in [0.5, 0.6) is 5.75 Å². The molecule has 32 heavy (non-hydrogen) atoms. The first-order valence-corrected chi connectivity index (χ1v) is 9.90. The van der Waals surface area contributed by atoms with Gasteiger partial charge in [-0.25, -0.2) is 4.98 Å². The van der Waals surface area contributed by atoms with Gasteiger partial charge in [-0.1, -0.05) is 6.42 Å². The van der Waals surface area contributed by atoms with Gasteiger partial charge < -0.3 is 21.5 Å². The Morgan fingerprint density at radius 3 is 2.34 bits per heavy atom. The molecule has 11 heteroatoms. The fraction of sp³-hybridized carbons (Fsp3) is 0.286. The molecule has 8 nitrogen and oxygen atoms in total. The van der Waals surface area contributed by atoms with Crippen LogP contribution in [0.2, 0.25) is 0 Å². The maximum absolute atomic E-state index is 12.3. The number of nitrogens with one attached hydrogen (secondary N) is 2. The van der Waals surface area contributed by atoms with Crippen LogP contribution in [0.3, 0.4) is 0 Å². The largest absolute Gasteiger partial charge is 0.573 e. The van der Waals surface area contributed by atoms with Gasteiger partial charge in [-0.15, -0.1) is 13.2 Å². The summed E-state index contributed by atoms with van der Waals surface area (Å²) >= 11 is 0. The molecule has 0 aliphatic heterocycles. The zero-order valence-corrected chi connectivity index (χ0v) is 17.0. The van der Waals surface area contributed by atoms with E-state index in [1.165, 1.54) is 24.3 Å². The molecule has 170 valence electrons. The highest BCUT2D eigenvalue weighted by atomic mass is 19.4. The Morgan fingerprint density at radius 2 is 1.72 bits per heavy atom. The van der Waals surface area contributed by atoms with Gasteiger partial charge in [0.1, 0.15) is 5.75 Å². The average Bonchev–Trinajstić information content (AvgIpc) is 3.24. The highest BCUT2D eigenvalue weighted by Gasteiger charge is 2.31. The van der Waals surface area contributed by atoms with E-state index < -0.39 is 12.4 Å². The van der Waals surface area contributed by atoms with E-state index in [9.17, 15) is 18.0 Å². The van der Waals surface area contributed by atoms with Crippen molar-refractivity contribution in [2.75, 3.05) is 11.9 Å². The monoisotopic (exact) mass is 448 g/mol. The number of unbranched alkanes of at least 4 members (excludes halogenated alkanes) is 1. The highest BCUT2D eigenvalue weighted by Crippen LogP contribution is 2.26. The molecule has 0 spiro atoms. The summed E-state index contributed by atoms with van der Waals surface area (Å²) in [6.45, 7) is 0.566. The van der Waals surface area contributed by atoms with Crippen molar-refractivity contribution in [1.29, 1.82) is 0 Å². The number of aromatic amines is 1.